The average molecular weight is 362 g/mol. The minimum absolute atomic E-state index is 0.00248. The second-order valence-electron chi connectivity index (χ2n) is 4.70. The van der Waals surface area contributed by atoms with E-state index in [9.17, 15) is 9.18 Å². The molecule has 110 valence electrons. The molecule has 4 nitrogen and oxygen atoms in total. The topological polar surface area (TPSA) is 67.2 Å². The number of benzene rings is 1. The van der Waals surface area contributed by atoms with E-state index in [1.54, 1.807) is 6.07 Å². The first kappa shape index (κ1) is 16.8. The standard InChI is InChI=1S/C13H17BrFN3OS/c1-7(2)5-18-10(19)6-17-9-4-3-8(13(16)20)11(14)12(9)15/h3-4,7,17H,5-6H2,1-2H3,(H2,16,20)(H,18,19). The van der Waals surface area contributed by atoms with Crippen molar-refractivity contribution in [2.45, 2.75) is 13.8 Å². The molecule has 4 N–H and O–H groups in total. The van der Waals surface area contributed by atoms with Crippen LogP contribution in [0.1, 0.15) is 19.4 Å². The lowest BCUT2D eigenvalue weighted by atomic mass is 10.2. The van der Waals surface area contributed by atoms with E-state index in [1.165, 1.54) is 6.07 Å². The Bertz CT molecular complexity index is 523. The highest BCUT2D eigenvalue weighted by Crippen LogP contribution is 2.26. The van der Waals surface area contributed by atoms with Crippen LogP contribution in [0.25, 0.3) is 0 Å². The van der Waals surface area contributed by atoms with Gasteiger partial charge in [0.2, 0.25) is 5.91 Å². The molecule has 0 radical (unpaired) electrons. The van der Waals surface area contributed by atoms with Gasteiger partial charge >= 0.3 is 0 Å². The number of amides is 1. The monoisotopic (exact) mass is 361 g/mol. The highest BCUT2D eigenvalue weighted by atomic mass is 79.9. The number of thiocarbonyl (C=S) groups is 1. The lowest BCUT2D eigenvalue weighted by Crippen LogP contribution is -2.32. The van der Waals surface area contributed by atoms with Crippen molar-refractivity contribution >= 4 is 44.7 Å². The molecule has 20 heavy (non-hydrogen) atoms. The smallest absolute Gasteiger partial charge is 0.239 e. The van der Waals surface area contributed by atoms with Crippen LogP contribution in [0.3, 0.4) is 0 Å². The van der Waals surface area contributed by atoms with Crippen LogP contribution in [0.2, 0.25) is 0 Å². The van der Waals surface area contributed by atoms with E-state index < -0.39 is 5.82 Å². The predicted octanol–water partition coefficient (Wildman–Crippen LogP) is 2.41. The molecule has 0 aliphatic carbocycles. The minimum Gasteiger partial charge on any atom is -0.389 e. The molecule has 0 spiro atoms. The largest absolute Gasteiger partial charge is 0.389 e. The third-order valence-electron chi connectivity index (χ3n) is 2.49. The number of carbonyl (C=O) groups excluding carboxylic acids is 1. The van der Waals surface area contributed by atoms with E-state index in [4.69, 9.17) is 18.0 Å². The van der Waals surface area contributed by atoms with Crippen molar-refractivity contribution in [1.82, 2.24) is 5.32 Å². The molecule has 0 bridgehead atoms. The third-order valence-corrected chi connectivity index (χ3v) is 3.49. The summed E-state index contributed by atoms with van der Waals surface area (Å²) in [5, 5.41) is 5.48. The fourth-order valence-electron chi connectivity index (χ4n) is 1.43. The van der Waals surface area contributed by atoms with Crippen molar-refractivity contribution in [1.29, 1.82) is 0 Å². The van der Waals surface area contributed by atoms with E-state index in [0.717, 1.165) is 0 Å². The summed E-state index contributed by atoms with van der Waals surface area (Å²) in [7, 11) is 0. The van der Waals surface area contributed by atoms with Crippen LogP contribution in [0.4, 0.5) is 10.1 Å². The maximum atomic E-state index is 14.0. The van der Waals surface area contributed by atoms with E-state index in [2.05, 4.69) is 26.6 Å². The SMILES string of the molecule is CC(C)CNC(=O)CNc1ccc(C(N)=S)c(Br)c1F. The molecular formula is C13H17BrFN3OS. The third kappa shape index (κ3) is 4.72. The van der Waals surface area contributed by atoms with Gasteiger partial charge in [0, 0.05) is 12.1 Å². The van der Waals surface area contributed by atoms with E-state index in [1.807, 2.05) is 13.8 Å². The summed E-state index contributed by atoms with van der Waals surface area (Å²) in [5.41, 5.74) is 6.12. The first-order valence-electron chi connectivity index (χ1n) is 6.11. The zero-order chi connectivity index (χ0) is 15.3. The van der Waals surface area contributed by atoms with Gasteiger partial charge in [-0.05, 0) is 34.0 Å². The molecule has 0 aliphatic rings. The van der Waals surface area contributed by atoms with E-state index in [0.29, 0.717) is 18.0 Å². The quantitative estimate of drug-likeness (QED) is 0.680. The molecule has 1 rings (SSSR count). The molecular weight excluding hydrogens is 345 g/mol. The molecule has 1 aromatic rings. The fourth-order valence-corrected chi connectivity index (χ4v) is 2.29. The maximum Gasteiger partial charge on any atom is 0.239 e. The van der Waals surface area contributed by atoms with Gasteiger partial charge in [-0.3, -0.25) is 4.79 Å². The van der Waals surface area contributed by atoms with Crippen molar-refractivity contribution in [2.75, 3.05) is 18.4 Å². The van der Waals surface area contributed by atoms with Crippen molar-refractivity contribution in [2.24, 2.45) is 11.7 Å². The summed E-state index contributed by atoms with van der Waals surface area (Å²) >= 11 is 7.92. The number of nitrogens with two attached hydrogens (primary N) is 1. The molecule has 0 atom stereocenters. The molecule has 0 aliphatic heterocycles. The van der Waals surface area contributed by atoms with Crippen molar-refractivity contribution in [3.8, 4) is 0 Å². The Hall–Kier alpha value is -1.21. The summed E-state index contributed by atoms with van der Waals surface area (Å²) in [6.07, 6.45) is 0. The van der Waals surface area contributed by atoms with Crippen molar-refractivity contribution < 1.29 is 9.18 Å². The van der Waals surface area contributed by atoms with Gasteiger partial charge in [0.15, 0.2) is 5.82 Å². The summed E-state index contributed by atoms with van der Waals surface area (Å²) < 4.78 is 14.2. The Morgan fingerprint density at radius 1 is 1.50 bits per heavy atom. The van der Waals surface area contributed by atoms with Gasteiger partial charge in [-0.25, -0.2) is 4.39 Å². The second-order valence-corrected chi connectivity index (χ2v) is 5.94. The number of nitrogens with one attached hydrogen (secondary N) is 2. The first-order chi connectivity index (χ1) is 9.32. The maximum absolute atomic E-state index is 14.0. The summed E-state index contributed by atoms with van der Waals surface area (Å²) in [4.78, 5) is 11.7. The van der Waals surface area contributed by atoms with Crippen LogP contribution in [0, 0.1) is 11.7 Å². The second kappa shape index (κ2) is 7.54. The summed E-state index contributed by atoms with van der Waals surface area (Å²) in [6, 6.07) is 3.11. The van der Waals surface area contributed by atoms with Gasteiger partial charge in [0.1, 0.15) is 4.99 Å². The summed E-state index contributed by atoms with van der Waals surface area (Å²) in [5.74, 6) is -0.339. The van der Waals surface area contributed by atoms with Crippen LogP contribution in [-0.4, -0.2) is 24.0 Å². The molecule has 0 saturated heterocycles. The molecule has 1 aromatic carbocycles. The molecule has 0 fully saturated rings. The Morgan fingerprint density at radius 3 is 2.70 bits per heavy atom. The Morgan fingerprint density at radius 2 is 2.15 bits per heavy atom. The Labute approximate surface area is 131 Å². The number of hydrogen-bond acceptors (Lipinski definition) is 3. The van der Waals surface area contributed by atoms with Gasteiger partial charge in [-0.15, -0.1) is 0 Å². The van der Waals surface area contributed by atoms with Crippen LogP contribution in [0.5, 0.6) is 0 Å². The highest BCUT2D eigenvalue weighted by molar-refractivity contribution is 9.10. The zero-order valence-corrected chi connectivity index (χ0v) is 13.7. The van der Waals surface area contributed by atoms with Crippen LogP contribution in [-0.2, 0) is 4.79 Å². The zero-order valence-electron chi connectivity index (χ0n) is 11.3. The molecule has 0 heterocycles. The number of carbonyl (C=O) groups is 1. The Balaban J connectivity index is 2.68. The normalized spacial score (nSPS) is 10.4. The molecule has 0 saturated carbocycles. The van der Waals surface area contributed by atoms with Gasteiger partial charge in [-0.1, -0.05) is 26.1 Å². The van der Waals surface area contributed by atoms with Crippen molar-refractivity contribution in [3.05, 3.63) is 28.0 Å². The molecule has 0 unspecified atom stereocenters. The number of anilines is 1. The minimum atomic E-state index is -0.521. The molecule has 0 aromatic heterocycles. The average Bonchev–Trinajstić information content (AvgIpc) is 2.37. The van der Waals surface area contributed by atoms with Gasteiger partial charge in [-0.2, -0.15) is 0 Å². The summed E-state index contributed by atoms with van der Waals surface area (Å²) in [6.45, 7) is 4.59. The van der Waals surface area contributed by atoms with E-state index >= 15 is 0 Å². The van der Waals surface area contributed by atoms with Crippen molar-refractivity contribution in [3.63, 3.8) is 0 Å². The van der Waals surface area contributed by atoms with E-state index in [-0.39, 0.29) is 27.6 Å². The van der Waals surface area contributed by atoms with Gasteiger partial charge in [0.25, 0.3) is 0 Å². The van der Waals surface area contributed by atoms with Gasteiger partial charge in [0.05, 0.1) is 16.7 Å². The number of halogens is 2. The van der Waals surface area contributed by atoms with Crippen LogP contribution < -0.4 is 16.4 Å². The van der Waals surface area contributed by atoms with Gasteiger partial charge < -0.3 is 16.4 Å². The number of rotatable bonds is 6. The first-order valence-corrected chi connectivity index (χ1v) is 7.31. The lowest BCUT2D eigenvalue weighted by Gasteiger charge is -2.12. The Kier molecular flexibility index (Phi) is 6.35. The predicted molar refractivity (Wildman–Crippen MR) is 86.3 cm³/mol. The highest BCUT2D eigenvalue weighted by Gasteiger charge is 2.13. The van der Waals surface area contributed by atoms with Crippen LogP contribution >= 0.6 is 28.1 Å². The molecule has 1 amide bonds. The lowest BCUT2D eigenvalue weighted by molar-refractivity contribution is -0.119. The fraction of sp³-hybridized carbons (Fsp3) is 0.385. The van der Waals surface area contributed by atoms with Crippen LogP contribution in [0.15, 0.2) is 16.6 Å². The number of hydrogen-bond donors (Lipinski definition) is 3. The molecule has 7 heteroatoms.